The summed E-state index contributed by atoms with van der Waals surface area (Å²) in [6.45, 7) is 1.53. The lowest BCUT2D eigenvalue weighted by molar-refractivity contribution is 0.102. The van der Waals surface area contributed by atoms with Crippen molar-refractivity contribution in [1.29, 1.82) is 0 Å². The predicted octanol–water partition coefficient (Wildman–Crippen LogP) is 2.30. The van der Waals surface area contributed by atoms with Crippen molar-refractivity contribution in [1.82, 2.24) is 0 Å². The summed E-state index contributed by atoms with van der Waals surface area (Å²) in [6.07, 6.45) is 1.95. The number of hydrogen-bond donors (Lipinski definition) is 2. The van der Waals surface area contributed by atoms with Crippen LogP contribution in [-0.4, -0.2) is 19.1 Å². The largest absolute Gasteiger partial charge is 0.396 e. The number of thioether (sulfide) groups is 1. The Morgan fingerprint density at radius 3 is 2.54 bits per heavy atom. The van der Waals surface area contributed by atoms with Crippen molar-refractivity contribution in [3.63, 3.8) is 0 Å². The van der Waals surface area contributed by atoms with E-state index >= 15 is 0 Å². The van der Waals surface area contributed by atoms with Gasteiger partial charge in [0.05, 0.1) is 15.5 Å². The molecular formula is C8H12N2OS2. The van der Waals surface area contributed by atoms with E-state index in [1.807, 2.05) is 13.3 Å². The van der Waals surface area contributed by atoms with Gasteiger partial charge in [-0.05, 0) is 6.26 Å². The van der Waals surface area contributed by atoms with Gasteiger partial charge in [0.15, 0.2) is 5.78 Å². The predicted molar refractivity (Wildman–Crippen MR) is 60.1 cm³/mol. The monoisotopic (exact) mass is 216 g/mol. The van der Waals surface area contributed by atoms with Crippen molar-refractivity contribution in [3.8, 4) is 0 Å². The van der Waals surface area contributed by atoms with Gasteiger partial charge in [-0.2, -0.15) is 0 Å². The second-order valence-electron chi connectivity index (χ2n) is 2.51. The Labute approximate surface area is 85.7 Å². The van der Waals surface area contributed by atoms with Gasteiger partial charge in [0.2, 0.25) is 0 Å². The zero-order chi connectivity index (χ0) is 10.0. The number of ketones is 1. The molecule has 5 heteroatoms. The van der Waals surface area contributed by atoms with Crippen molar-refractivity contribution in [2.75, 3.05) is 24.4 Å². The zero-order valence-corrected chi connectivity index (χ0v) is 9.44. The third kappa shape index (κ3) is 1.81. The van der Waals surface area contributed by atoms with Crippen LogP contribution in [0.15, 0.2) is 4.90 Å². The number of nitrogens with one attached hydrogen (secondary N) is 1. The first-order valence-corrected chi connectivity index (χ1v) is 5.80. The van der Waals surface area contributed by atoms with Crippen LogP contribution in [0.25, 0.3) is 0 Å². The van der Waals surface area contributed by atoms with Gasteiger partial charge in [0.25, 0.3) is 0 Å². The molecule has 0 radical (unpaired) electrons. The summed E-state index contributed by atoms with van der Waals surface area (Å²) in [7, 11) is 1.83. The van der Waals surface area contributed by atoms with Crippen LogP contribution < -0.4 is 11.1 Å². The minimum absolute atomic E-state index is 0.0271. The Hall–Kier alpha value is -0.680. The standard InChI is InChI=1S/C8H12N2OS2/c1-4(11)6-5(9)7(12-3)8(10-2)13-6/h10H,9H2,1-3H3. The topological polar surface area (TPSA) is 55.1 Å². The first-order valence-electron chi connectivity index (χ1n) is 3.76. The number of anilines is 2. The molecule has 1 heterocycles. The van der Waals surface area contributed by atoms with E-state index in [1.54, 1.807) is 11.8 Å². The van der Waals surface area contributed by atoms with Gasteiger partial charge in [0.1, 0.15) is 5.00 Å². The number of carbonyl (C=O) groups is 1. The normalized spacial score (nSPS) is 10.1. The summed E-state index contributed by atoms with van der Waals surface area (Å²) >= 11 is 2.97. The molecule has 3 nitrogen and oxygen atoms in total. The minimum atomic E-state index is 0.0271. The van der Waals surface area contributed by atoms with Crippen molar-refractivity contribution in [2.24, 2.45) is 0 Å². The van der Waals surface area contributed by atoms with E-state index in [4.69, 9.17) is 5.73 Å². The number of hydrogen-bond acceptors (Lipinski definition) is 5. The Morgan fingerprint density at radius 2 is 2.23 bits per heavy atom. The Morgan fingerprint density at radius 1 is 1.62 bits per heavy atom. The summed E-state index contributed by atoms with van der Waals surface area (Å²) in [5, 5.41) is 4.00. The van der Waals surface area contributed by atoms with Crippen LogP contribution in [0.4, 0.5) is 10.7 Å². The van der Waals surface area contributed by atoms with Crippen LogP contribution in [-0.2, 0) is 0 Å². The van der Waals surface area contributed by atoms with Crippen LogP contribution in [0.3, 0.4) is 0 Å². The average molecular weight is 216 g/mol. The zero-order valence-electron chi connectivity index (χ0n) is 7.80. The fourth-order valence-electron chi connectivity index (χ4n) is 1.06. The Kier molecular flexibility index (Phi) is 3.22. The molecule has 1 aromatic rings. The van der Waals surface area contributed by atoms with Crippen molar-refractivity contribution in [3.05, 3.63) is 4.88 Å². The van der Waals surface area contributed by atoms with E-state index in [1.165, 1.54) is 18.3 Å². The molecule has 0 aliphatic heterocycles. The summed E-state index contributed by atoms with van der Waals surface area (Å²) in [5.41, 5.74) is 6.43. The molecule has 0 saturated heterocycles. The lowest BCUT2D eigenvalue weighted by Gasteiger charge is -1.98. The quantitative estimate of drug-likeness (QED) is 0.601. The first-order chi connectivity index (χ1) is 6.11. The molecule has 3 N–H and O–H groups in total. The molecule has 0 aliphatic carbocycles. The van der Waals surface area contributed by atoms with Crippen LogP contribution >= 0.6 is 23.1 Å². The molecule has 13 heavy (non-hydrogen) atoms. The van der Waals surface area contributed by atoms with Crippen LogP contribution in [0.1, 0.15) is 16.6 Å². The number of carbonyl (C=O) groups excluding carboxylic acids is 1. The van der Waals surface area contributed by atoms with Gasteiger partial charge in [-0.1, -0.05) is 0 Å². The maximum Gasteiger partial charge on any atom is 0.171 e. The van der Waals surface area contributed by atoms with E-state index in [0.29, 0.717) is 10.6 Å². The highest BCUT2D eigenvalue weighted by molar-refractivity contribution is 7.99. The molecule has 0 fully saturated rings. The number of nitrogens with two attached hydrogens (primary N) is 1. The van der Waals surface area contributed by atoms with Crippen LogP contribution in [0, 0.1) is 0 Å². The number of nitrogen functional groups attached to an aromatic ring is 1. The minimum Gasteiger partial charge on any atom is -0.396 e. The molecule has 0 saturated carbocycles. The van der Waals surface area contributed by atoms with Gasteiger partial charge in [0, 0.05) is 14.0 Å². The number of thiophene rings is 1. The summed E-state index contributed by atoms with van der Waals surface area (Å²) in [4.78, 5) is 12.8. The van der Waals surface area contributed by atoms with E-state index < -0.39 is 0 Å². The van der Waals surface area contributed by atoms with E-state index in [-0.39, 0.29) is 5.78 Å². The van der Waals surface area contributed by atoms with Gasteiger partial charge < -0.3 is 11.1 Å². The smallest absolute Gasteiger partial charge is 0.171 e. The molecule has 0 bridgehead atoms. The summed E-state index contributed by atoms with van der Waals surface area (Å²) < 4.78 is 0. The summed E-state index contributed by atoms with van der Waals surface area (Å²) in [5.74, 6) is 0.0271. The van der Waals surface area contributed by atoms with Crippen molar-refractivity contribution >= 4 is 39.6 Å². The third-order valence-corrected chi connectivity index (χ3v) is 3.94. The molecule has 0 spiro atoms. The molecular weight excluding hydrogens is 204 g/mol. The molecule has 1 aromatic heterocycles. The second-order valence-corrected chi connectivity index (χ2v) is 4.35. The van der Waals surface area contributed by atoms with Gasteiger partial charge >= 0.3 is 0 Å². The maximum atomic E-state index is 11.2. The highest BCUT2D eigenvalue weighted by Crippen LogP contribution is 2.41. The summed E-state index contributed by atoms with van der Waals surface area (Å²) in [6, 6.07) is 0. The lowest BCUT2D eigenvalue weighted by atomic mass is 10.3. The second kappa shape index (κ2) is 4.02. The molecule has 0 atom stereocenters. The molecule has 0 amide bonds. The molecule has 0 aromatic carbocycles. The molecule has 72 valence electrons. The van der Waals surface area contributed by atoms with Gasteiger partial charge in [-0.25, -0.2) is 0 Å². The Bertz CT molecular complexity index is 333. The third-order valence-electron chi connectivity index (χ3n) is 1.65. The van der Waals surface area contributed by atoms with E-state index in [0.717, 1.165) is 9.90 Å². The molecule has 1 rings (SSSR count). The van der Waals surface area contributed by atoms with E-state index in [2.05, 4.69) is 5.32 Å². The van der Waals surface area contributed by atoms with Crippen LogP contribution in [0.5, 0.6) is 0 Å². The average Bonchev–Trinajstić information content (AvgIpc) is 2.41. The maximum absolute atomic E-state index is 11.2. The first kappa shape index (κ1) is 10.4. The van der Waals surface area contributed by atoms with Crippen LogP contribution in [0.2, 0.25) is 0 Å². The number of Topliss-reactive ketones (excluding diaryl/α,β-unsaturated/α-hetero) is 1. The molecule has 0 aliphatic rings. The lowest BCUT2D eigenvalue weighted by Crippen LogP contribution is -1.94. The fourth-order valence-corrected chi connectivity index (χ4v) is 2.97. The SMILES string of the molecule is CNc1sc(C(C)=O)c(N)c1SC. The van der Waals surface area contributed by atoms with Crippen molar-refractivity contribution < 1.29 is 4.79 Å². The van der Waals surface area contributed by atoms with Gasteiger partial charge in [-0.3, -0.25) is 4.79 Å². The van der Waals surface area contributed by atoms with Gasteiger partial charge in [-0.15, -0.1) is 23.1 Å². The highest BCUT2D eigenvalue weighted by atomic mass is 32.2. The number of rotatable bonds is 3. The molecule has 0 unspecified atom stereocenters. The van der Waals surface area contributed by atoms with E-state index in [9.17, 15) is 4.79 Å². The fraction of sp³-hybridized carbons (Fsp3) is 0.375. The Balaban J connectivity index is 3.26. The van der Waals surface area contributed by atoms with Crippen molar-refractivity contribution in [2.45, 2.75) is 11.8 Å². The highest BCUT2D eigenvalue weighted by Gasteiger charge is 2.16.